The zero-order chi connectivity index (χ0) is 26.6. The Labute approximate surface area is 225 Å². The van der Waals surface area contributed by atoms with E-state index in [1.165, 1.54) is 18.0 Å². The van der Waals surface area contributed by atoms with Crippen molar-refractivity contribution in [1.29, 1.82) is 0 Å². The van der Waals surface area contributed by atoms with Crippen LogP contribution in [0.3, 0.4) is 0 Å². The lowest BCUT2D eigenvalue weighted by Gasteiger charge is -2.14. The Morgan fingerprint density at radius 3 is 2.68 bits per heavy atom. The second-order valence-corrected chi connectivity index (χ2v) is 8.94. The highest BCUT2D eigenvalue weighted by atomic mass is 79.9. The van der Waals surface area contributed by atoms with Gasteiger partial charge in [-0.15, -0.1) is 0 Å². The van der Waals surface area contributed by atoms with Crippen LogP contribution >= 0.6 is 15.9 Å². The largest absolute Gasteiger partial charge is 0.490 e. The molecule has 0 radical (unpaired) electrons. The van der Waals surface area contributed by atoms with Crippen molar-refractivity contribution in [2.24, 2.45) is 5.10 Å². The van der Waals surface area contributed by atoms with E-state index in [1.54, 1.807) is 30.3 Å². The molecule has 10 heteroatoms. The van der Waals surface area contributed by atoms with Crippen molar-refractivity contribution in [3.63, 3.8) is 0 Å². The molecular formula is C28H22BrN3O6. The van der Waals surface area contributed by atoms with E-state index in [0.29, 0.717) is 50.4 Å². The minimum absolute atomic E-state index is 0.267. The fraction of sp³-hybridized carbons (Fsp3) is 0.143. The molecule has 0 amide bonds. The summed E-state index contributed by atoms with van der Waals surface area (Å²) < 4.78 is 23.7. The van der Waals surface area contributed by atoms with Crippen molar-refractivity contribution < 1.29 is 23.4 Å². The Bertz CT molecular complexity index is 1710. The van der Waals surface area contributed by atoms with Gasteiger partial charge in [0.15, 0.2) is 23.9 Å². The number of carbonyl (C=O) groups excluding carboxylic acids is 1. The van der Waals surface area contributed by atoms with Crippen LogP contribution in [0.2, 0.25) is 0 Å². The number of para-hydroxylation sites is 2. The molecule has 0 spiro atoms. The highest BCUT2D eigenvalue weighted by molar-refractivity contribution is 9.10. The molecule has 2 heterocycles. The summed E-state index contributed by atoms with van der Waals surface area (Å²) in [4.78, 5) is 29.7. The highest BCUT2D eigenvalue weighted by Gasteiger charge is 2.17. The third-order valence-corrected chi connectivity index (χ3v) is 6.20. The summed E-state index contributed by atoms with van der Waals surface area (Å²) >= 11 is 3.47. The Kier molecular flexibility index (Phi) is 7.23. The van der Waals surface area contributed by atoms with Crippen LogP contribution in [0.15, 0.2) is 85.5 Å². The van der Waals surface area contributed by atoms with Gasteiger partial charge in [-0.2, -0.15) is 9.78 Å². The average Bonchev–Trinajstić information content (AvgIpc) is 3.36. The second kappa shape index (κ2) is 10.9. The summed E-state index contributed by atoms with van der Waals surface area (Å²) in [5, 5.41) is 5.80. The van der Waals surface area contributed by atoms with Crippen molar-refractivity contribution in [2.75, 3.05) is 20.3 Å². The summed E-state index contributed by atoms with van der Waals surface area (Å²) in [6.07, 6.45) is 1.52. The third kappa shape index (κ3) is 5.03. The maximum absolute atomic E-state index is 13.5. The number of benzene rings is 3. The molecule has 0 N–H and O–H groups in total. The Morgan fingerprint density at radius 2 is 1.89 bits per heavy atom. The van der Waals surface area contributed by atoms with E-state index < -0.39 is 5.97 Å². The zero-order valence-corrected chi connectivity index (χ0v) is 22.1. The second-order valence-electron chi connectivity index (χ2n) is 8.09. The smallest absolute Gasteiger partial charge is 0.343 e. The number of halogens is 1. The van der Waals surface area contributed by atoms with E-state index in [2.05, 4.69) is 25.8 Å². The van der Waals surface area contributed by atoms with Gasteiger partial charge in [0.05, 0.1) is 35.3 Å². The fourth-order valence-electron chi connectivity index (χ4n) is 3.86. The van der Waals surface area contributed by atoms with Gasteiger partial charge < -0.3 is 18.6 Å². The molecule has 192 valence electrons. The molecule has 5 rings (SSSR count). The van der Waals surface area contributed by atoms with Crippen molar-refractivity contribution in [3.8, 4) is 23.1 Å². The van der Waals surface area contributed by atoms with Crippen LogP contribution in [0, 0.1) is 0 Å². The summed E-state index contributed by atoms with van der Waals surface area (Å²) in [6, 6.07) is 19.9. The number of hydrogen-bond acceptors (Lipinski definition) is 8. The number of ether oxygens (including phenoxy) is 3. The number of esters is 1. The minimum Gasteiger partial charge on any atom is -0.490 e. The first-order valence-electron chi connectivity index (χ1n) is 11.7. The van der Waals surface area contributed by atoms with E-state index in [4.69, 9.17) is 18.9 Å². The summed E-state index contributed by atoms with van der Waals surface area (Å²) in [6.45, 7) is 1.92. The lowest BCUT2D eigenvalue weighted by Crippen LogP contribution is -2.20. The molecule has 0 aliphatic carbocycles. The highest BCUT2D eigenvalue weighted by Crippen LogP contribution is 2.36. The predicted molar refractivity (Wildman–Crippen MR) is 147 cm³/mol. The van der Waals surface area contributed by atoms with E-state index in [9.17, 15) is 9.59 Å². The molecule has 0 bridgehead atoms. The molecule has 0 unspecified atom stereocenters. The number of furan rings is 1. The van der Waals surface area contributed by atoms with Crippen LogP contribution in [0.1, 0.15) is 12.5 Å². The van der Waals surface area contributed by atoms with Crippen LogP contribution < -0.4 is 15.0 Å². The first-order valence-corrected chi connectivity index (χ1v) is 12.5. The quantitative estimate of drug-likeness (QED) is 0.180. The van der Waals surface area contributed by atoms with Crippen molar-refractivity contribution >= 4 is 50.0 Å². The van der Waals surface area contributed by atoms with Gasteiger partial charge in [0.25, 0.3) is 5.56 Å². The number of fused-ring (bicyclic) bond motifs is 2. The maximum atomic E-state index is 13.5. The van der Waals surface area contributed by atoms with Crippen molar-refractivity contribution in [3.05, 3.63) is 87.1 Å². The van der Waals surface area contributed by atoms with Crippen molar-refractivity contribution in [2.45, 2.75) is 6.92 Å². The maximum Gasteiger partial charge on any atom is 0.343 e. The molecule has 2 aromatic heterocycles. The molecule has 0 saturated heterocycles. The first-order chi connectivity index (χ1) is 18.5. The molecule has 0 saturated carbocycles. The Hall–Kier alpha value is -4.44. The monoisotopic (exact) mass is 575 g/mol. The topological polar surface area (TPSA) is 105 Å². The number of aromatic nitrogens is 2. The van der Waals surface area contributed by atoms with E-state index in [-0.39, 0.29) is 18.0 Å². The van der Waals surface area contributed by atoms with Gasteiger partial charge in [-0.1, -0.05) is 30.3 Å². The van der Waals surface area contributed by atoms with E-state index in [1.807, 2.05) is 43.3 Å². The molecular weight excluding hydrogens is 554 g/mol. The molecule has 0 atom stereocenters. The predicted octanol–water partition coefficient (Wildman–Crippen LogP) is 5.40. The summed E-state index contributed by atoms with van der Waals surface area (Å²) in [5.74, 6) is 0.902. The van der Waals surface area contributed by atoms with Gasteiger partial charge in [0.1, 0.15) is 5.58 Å². The van der Waals surface area contributed by atoms with Gasteiger partial charge in [-0.05, 0) is 64.8 Å². The van der Waals surface area contributed by atoms with Crippen LogP contribution in [0.5, 0.6) is 11.5 Å². The molecule has 0 aliphatic heterocycles. The van der Waals surface area contributed by atoms with Crippen molar-refractivity contribution in [1.82, 2.24) is 9.66 Å². The zero-order valence-electron chi connectivity index (χ0n) is 20.5. The fourth-order valence-corrected chi connectivity index (χ4v) is 4.44. The average molecular weight is 576 g/mol. The van der Waals surface area contributed by atoms with Crippen LogP contribution in [0.25, 0.3) is 33.5 Å². The normalized spacial score (nSPS) is 11.3. The van der Waals surface area contributed by atoms with Gasteiger partial charge in [0, 0.05) is 5.39 Å². The standard InChI is InChI=1S/C28H22BrN3O6/c1-3-36-23-13-17(12-20(29)26(23)37-16-25(33)35-2)15-30-32-27(24-14-18-8-4-7-11-22(18)38-24)31-21-10-6-5-9-19(21)28(32)34/h4-15H,3,16H2,1-2H3. The number of carbonyl (C=O) groups is 1. The van der Waals surface area contributed by atoms with Gasteiger partial charge in [-0.25, -0.2) is 9.78 Å². The molecule has 3 aromatic carbocycles. The number of hydrogen-bond donors (Lipinski definition) is 0. The first kappa shape index (κ1) is 25.2. The third-order valence-electron chi connectivity index (χ3n) is 5.62. The molecule has 0 aliphatic rings. The number of rotatable bonds is 8. The molecule has 38 heavy (non-hydrogen) atoms. The van der Waals surface area contributed by atoms with E-state index >= 15 is 0 Å². The van der Waals surface area contributed by atoms with Crippen LogP contribution in [0.4, 0.5) is 0 Å². The van der Waals surface area contributed by atoms with Gasteiger partial charge in [-0.3, -0.25) is 4.79 Å². The number of methoxy groups -OCH3 is 1. The molecule has 0 fully saturated rings. The van der Waals surface area contributed by atoms with Crippen LogP contribution in [-0.4, -0.2) is 42.2 Å². The van der Waals surface area contributed by atoms with Gasteiger partial charge >= 0.3 is 5.97 Å². The lowest BCUT2D eigenvalue weighted by molar-refractivity contribution is -0.142. The van der Waals surface area contributed by atoms with E-state index in [0.717, 1.165) is 5.39 Å². The lowest BCUT2D eigenvalue weighted by atomic mass is 10.2. The van der Waals surface area contributed by atoms with Gasteiger partial charge in [0.2, 0.25) is 5.82 Å². The SMILES string of the molecule is CCOc1cc(C=Nn2c(-c3cc4ccccc4o3)nc3ccccc3c2=O)cc(Br)c1OCC(=O)OC. The minimum atomic E-state index is -0.522. The summed E-state index contributed by atoms with van der Waals surface area (Å²) in [7, 11) is 1.28. The number of nitrogens with zero attached hydrogens (tertiary/aromatic N) is 3. The Balaban J connectivity index is 1.60. The Morgan fingerprint density at radius 1 is 1.11 bits per heavy atom. The molecule has 5 aromatic rings. The van der Waals surface area contributed by atoms with Crippen LogP contribution in [-0.2, 0) is 9.53 Å². The molecule has 9 nitrogen and oxygen atoms in total. The summed E-state index contributed by atoms with van der Waals surface area (Å²) in [5.41, 5.74) is 1.48.